The lowest BCUT2D eigenvalue weighted by Crippen LogP contribution is -2.24. The van der Waals surface area contributed by atoms with E-state index in [4.69, 9.17) is 8.83 Å². The van der Waals surface area contributed by atoms with Crippen molar-refractivity contribution in [2.75, 3.05) is 0 Å². The van der Waals surface area contributed by atoms with Crippen LogP contribution < -0.4 is 5.32 Å². The third-order valence-corrected chi connectivity index (χ3v) is 5.24. The van der Waals surface area contributed by atoms with Crippen molar-refractivity contribution < 1.29 is 13.6 Å². The Hall–Kier alpha value is -3.06. The van der Waals surface area contributed by atoms with Crippen molar-refractivity contribution in [1.29, 1.82) is 0 Å². The number of aryl methyl sites for hydroxylation is 2. The average Bonchev–Trinajstić information content (AvgIpc) is 3.27. The number of nitrogens with one attached hydrogen (secondary N) is 1. The molecule has 2 heterocycles. The summed E-state index contributed by atoms with van der Waals surface area (Å²) in [5.41, 5.74) is 3.94. The van der Waals surface area contributed by atoms with Crippen molar-refractivity contribution >= 4 is 28.8 Å². The number of rotatable bonds is 6. The van der Waals surface area contributed by atoms with Gasteiger partial charge in [0.15, 0.2) is 5.58 Å². The Morgan fingerprint density at radius 2 is 1.82 bits per heavy atom. The Bertz CT molecular complexity index is 1080. The van der Waals surface area contributed by atoms with E-state index in [1.165, 1.54) is 11.8 Å². The van der Waals surface area contributed by atoms with Crippen molar-refractivity contribution in [3.05, 3.63) is 77.0 Å². The first-order chi connectivity index (χ1) is 13.6. The molecule has 1 N–H and O–H groups in total. The fourth-order valence-corrected chi connectivity index (χ4v) is 3.63. The Morgan fingerprint density at radius 3 is 2.61 bits per heavy atom. The number of thioether (sulfide) groups is 1. The third kappa shape index (κ3) is 3.94. The summed E-state index contributed by atoms with van der Waals surface area (Å²) in [6.07, 6.45) is 0. The molecule has 4 aromatic rings. The van der Waals surface area contributed by atoms with Crippen LogP contribution in [0.15, 0.2) is 62.6 Å². The van der Waals surface area contributed by atoms with Gasteiger partial charge < -0.3 is 14.2 Å². The molecule has 0 aliphatic carbocycles. The van der Waals surface area contributed by atoms with Crippen molar-refractivity contribution in [3.63, 3.8) is 0 Å². The number of carbonyl (C=O) groups excluding carboxylic acids is 1. The van der Waals surface area contributed by atoms with Crippen LogP contribution in [0.3, 0.4) is 0 Å². The fourth-order valence-electron chi connectivity index (χ4n) is 2.79. The molecule has 0 atom stereocenters. The van der Waals surface area contributed by atoms with Crippen molar-refractivity contribution in [3.8, 4) is 0 Å². The summed E-state index contributed by atoms with van der Waals surface area (Å²) in [5.74, 6) is 1.68. The van der Waals surface area contributed by atoms with E-state index in [1.54, 1.807) is 0 Å². The molecule has 0 fully saturated rings. The van der Waals surface area contributed by atoms with Crippen LogP contribution in [-0.4, -0.2) is 15.9 Å². The van der Waals surface area contributed by atoms with Gasteiger partial charge in [0.2, 0.25) is 5.89 Å². The van der Waals surface area contributed by atoms with Crippen LogP contribution in [0.1, 0.15) is 33.3 Å². The van der Waals surface area contributed by atoms with Crippen LogP contribution in [-0.2, 0) is 12.3 Å². The summed E-state index contributed by atoms with van der Waals surface area (Å²) in [7, 11) is 0. The van der Waals surface area contributed by atoms with E-state index < -0.39 is 0 Å². The summed E-state index contributed by atoms with van der Waals surface area (Å²) >= 11 is 1.46. The molecule has 4 rings (SSSR count). The van der Waals surface area contributed by atoms with E-state index in [0.717, 1.165) is 28.1 Å². The zero-order valence-electron chi connectivity index (χ0n) is 15.6. The van der Waals surface area contributed by atoms with Gasteiger partial charge in [0.05, 0.1) is 12.2 Å². The van der Waals surface area contributed by atoms with Crippen LogP contribution in [0.4, 0.5) is 0 Å². The normalized spacial score (nSPS) is 11.1. The molecule has 0 radical (unpaired) electrons. The monoisotopic (exact) mass is 393 g/mol. The van der Waals surface area contributed by atoms with E-state index in [9.17, 15) is 4.79 Å². The van der Waals surface area contributed by atoms with Gasteiger partial charge >= 0.3 is 0 Å². The van der Waals surface area contributed by atoms with Crippen molar-refractivity contribution in [2.24, 2.45) is 0 Å². The van der Waals surface area contributed by atoms with Crippen LogP contribution >= 0.6 is 11.8 Å². The minimum absolute atomic E-state index is 0.165. The first kappa shape index (κ1) is 18.3. The van der Waals surface area contributed by atoms with Crippen molar-refractivity contribution in [1.82, 2.24) is 15.3 Å². The summed E-state index contributed by atoms with van der Waals surface area (Å²) in [4.78, 5) is 21.4. The van der Waals surface area contributed by atoms with E-state index in [2.05, 4.69) is 15.3 Å². The highest BCUT2D eigenvalue weighted by Crippen LogP contribution is 2.27. The van der Waals surface area contributed by atoms with Crippen LogP contribution in [0, 0.1) is 13.8 Å². The smallest absolute Gasteiger partial charge is 0.257 e. The highest BCUT2D eigenvalue weighted by Gasteiger charge is 2.14. The van der Waals surface area contributed by atoms with Gasteiger partial charge in [-0.1, -0.05) is 42.1 Å². The van der Waals surface area contributed by atoms with Gasteiger partial charge in [0, 0.05) is 11.3 Å². The highest BCUT2D eigenvalue weighted by atomic mass is 32.2. The maximum atomic E-state index is 12.7. The SMILES string of the molecule is Cc1nc(CNC(=O)c2ccccc2CSc2nc3ccccc3o2)oc1C. The molecular weight excluding hydrogens is 374 g/mol. The first-order valence-corrected chi connectivity index (χ1v) is 9.86. The number of benzene rings is 2. The molecule has 28 heavy (non-hydrogen) atoms. The first-order valence-electron chi connectivity index (χ1n) is 8.87. The molecule has 0 saturated heterocycles. The molecule has 0 aliphatic heterocycles. The summed E-state index contributed by atoms with van der Waals surface area (Å²) < 4.78 is 11.3. The summed E-state index contributed by atoms with van der Waals surface area (Å²) in [5, 5.41) is 3.46. The van der Waals surface area contributed by atoms with Gasteiger partial charge in [-0.25, -0.2) is 9.97 Å². The van der Waals surface area contributed by atoms with E-state index in [0.29, 0.717) is 22.4 Å². The molecule has 2 aromatic carbocycles. The average molecular weight is 393 g/mol. The highest BCUT2D eigenvalue weighted by molar-refractivity contribution is 7.98. The Morgan fingerprint density at radius 1 is 1.04 bits per heavy atom. The number of oxazole rings is 2. The minimum Gasteiger partial charge on any atom is -0.444 e. The van der Waals surface area contributed by atoms with E-state index in [1.807, 2.05) is 62.4 Å². The quantitative estimate of drug-likeness (QED) is 0.480. The zero-order chi connectivity index (χ0) is 19.5. The lowest BCUT2D eigenvalue weighted by molar-refractivity contribution is 0.0946. The van der Waals surface area contributed by atoms with Gasteiger partial charge in [0.1, 0.15) is 11.3 Å². The molecular formula is C21H19N3O3S. The maximum Gasteiger partial charge on any atom is 0.257 e. The summed E-state index contributed by atoms with van der Waals surface area (Å²) in [6.45, 7) is 3.98. The molecule has 0 unspecified atom stereocenters. The second kappa shape index (κ2) is 7.90. The standard InChI is InChI=1S/C21H19N3O3S/c1-13-14(2)26-19(23-13)11-22-20(25)16-8-4-3-7-15(16)12-28-21-24-17-9-5-6-10-18(17)27-21/h3-10H,11-12H2,1-2H3,(H,22,25). The fraction of sp³-hybridized carbons (Fsp3) is 0.190. The number of para-hydroxylation sites is 2. The molecule has 7 heteroatoms. The number of hydrogen-bond donors (Lipinski definition) is 1. The third-order valence-electron chi connectivity index (χ3n) is 4.36. The number of fused-ring (bicyclic) bond motifs is 1. The van der Waals surface area contributed by atoms with Crippen LogP contribution in [0.5, 0.6) is 0 Å². The summed E-state index contributed by atoms with van der Waals surface area (Å²) in [6, 6.07) is 15.2. The predicted octanol–water partition coefficient (Wildman–Crippen LogP) is 4.65. The molecule has 0 spiro atoms. The second-order valence-electron chi connectivity index (χ2n) is 6.33. The number of amides is 1. The van der Waals surface area contributed by atoms with Gasteiger partial charge in [-0.05, 0) is 37.6 Å². The number of hydrogen-bond acceptors (Lipinski definition) is 6. The van der Waals surface area contributed by atoms with Crippen LogP contribution in [0.2, 0.25) is 0 Å². The predicted molar refractivity (Wildman–Crippen MR) is 107 cm³/mol. The molecule has 1 amide bonds. The van der Waals surface area contributed by atoms with E-state index in [-0.39, 0.29) is 12.5 Å². The van der Waals surface area contributed by atoms with Gasteiger partial charge in [-0.2, -0.15) is 0 Å². The topological polar surface area (TPSA) is 81.2 Å². The molecule has 2 aromatic heterocycles. The Labute approximate surface area is 166 Å². The molecule has 0 saturated carbocycles. The zero-order valence-corrected chi connectivity index (χ0v) is 16.4. The minimum atomic E-state index is -0.165. The molecule has 142 valence electrons. The Kier molecular flexibility index (Phi) is 5.16. The van der Waals surface area contributed by atoms with E-state index >= 15 is 0 Å². The number of nitrogens with zero attached hydrogens (tertiary/aromatic N) is 2. The largest absolute Gasteiger partial charge is 0.444 e. The number of aromatic nitrogens is 2. The maximum absolute atomic E-state index is 12.7. The molecule has 0 aliphatic rings. The second-order valence-corrected chi connectivity index (χ2v) is 7.25. The number of carbonyl (C=O) groups is 1. The molecule has 6 nitrogen and oxygen atoms in total. The van der Waals surface area contributed by atoms with Crippen LogP contribution in [0.25, 0.3) is 11.1 Å². The molecule has 0 bridgehead atoms. The Balaban J connectivity index is 1.44. The van der Waals surface area contributed by atoms with Gasteiger partial charge in [-0.15, -0.1) is 0 Å². The lowest BCUT2D eigenvalue weighted by atomic mass is 10.1. The lowest BCUT2D eigenvalue weighted by Gasteiger charge is -2.08. The van der Waals surface area contributed by atoms with Gasteiger partial charge in [0.25, 0.3) is 11.1 Å². The van der Waals surface area contributed by atoms with Gasteiger partial charge in [-0.3, -0.25) is 4.79 Å². The van der Waals surface area contributed by atoms with Crippen molar-refractivity contribution in [2.45, 2.75) is 31.4 Å².